The number of nitrogens with two attached hydrogens (primary N) is 1. The lowest BCUT2D eigenvalue weighted by atomic mass is 10.2. The molecule has 0 saturated carbocycles. The maximum atomic E-state index is 12.2. The minimum atomic E-state index is -0.574. The highest BCUT2D eigenvalue weighted by molar-refractivity contribution is 5.92. The number of rotatable bonds is 2. The molecule has 1 amide bonds. The van der Waals surface area contributed by atoms with Gasteiger partial charge in [0.25, 0.3) is 5.56 Å². The van der Waals surface area contributed by atoms with Gasteiger partial charge in [-0.1, -0.05) is 0 Å². The third-order valence-corrected chi connectivity index (χ3v) is 3.50. The van der Waals surface area contributed by atoms with Gasteiger partial charge in [-0.2, -0.15) is 0 Å². The van der Waals surface area contributed by atoms with Crippen LogP contribution in [0.15, 0.2) is 29.2 Å². The van der Waals surface area contributed by atoms with E-state index in [2.05, 4.69) is 4.98 Å². The van der Waals surface area contributed by atoms with Crippen LogP contribution in [0.5, 0.6) is 0 Å². The average molecular weight is 288 g/mol. The zero-order valence-corrected chi connectivity index (χ0v) is 11.7. The molecule has 1 aliphatic heterocycles. The van der Waals surface area contributed by atoms with Gasteiger partial charge >= 0.3 is 0 Å². The van der Waals surface area contributed by atoms with E-state index in [0.29, 0.717) is 31.2 Å². The van der Waals surface area contributed by atoms with E-state index in [1.807, 2.05) is 11.8 Å². The van der Waals surface area contributed by atoms with E-state index < -0.39 is 5.91 Å². The summed E-state index contributed by atoms with van der Waals surface area (Å²) in [4.78, 5) is 29.9. The Balaban J connectivity index is 2.05. The van der Waals surface area contributed by atoms with Crippen molar-refractivity contribution in [2.24, 2.45) is 5.73 Å². The third kappa shape index (κ3) is 2.59. The first-order valence-corrected chi connectivity index (χ1v) is 6.74. The van der Waals surface area contributed by atoms with Crippen molar-refractivity contribution >= 4 is 17.4 Å². The second-order valence-corrected chi connectivity index (χ2v) is 5.09. The first-order chi connectivity index (χ1) is 10.0. The molecule has 110 valence electrons. The largest absolute Gasteiger partial charge is 0.375 e. The maximum Gasteiger partial charge on any atom is 0.259 e. The Hall–Kier alpha value is -2.41. The Bertz CT molecular complexity index is 755. The lowest BCUT2D eigenvalue weighted by Gasteiger charge is -2.31. The zero-order chi connectivity index (χ0) is 15.0. The highest BCUT2D eigenvalue weighted by Gasteiger charge is 2.19. The van der Waals surface area contributed by atoms with Gasteiger partial charge in [0.15, 0.2) is 0 Å². The Morgan fingerprint density at radius 3 is 3.00 bits per heavy atom. The summed E-state index contributed by atoms with van der Waals surface area (Å²) in [6.45, 7) is 4.00. The molecule has 0 aliphatic carbocycles. The minimum Gasteiger partial charge on any atom is -0.375 e. The standard InChI is InChI=1S/C14H16N4O3/c1-9-7-17(4-5-21-9)12-6-13(19)18-8-10(14(15)20)2-3-11(18)16-12/h2-3,6,8-9H,4-5,7H2,1H3,(H2,15,20)/t9-/m1/s1. The molecule has 2 N–H and O–H groups in total. The second kappa shape index (κ2) is 5.17. The smallest absolute Gasteiger partial charge is 0.259 e. The van der Waals surface area contributed by atoms with Crippen LogP contribution in [-0.2, 0) is 4.74 Å². The zero-order valence-electron chi connectivity index (χ0n) is 11.7. The Morgan fingerprint density at radius 1 is 1.48 bits per heavy atom. The van der Waals surface area contributed by atoms with Gasteiger partial charge in [-0.05, 0) is 19.1 Å². The molecule has 0 spiro atoms. The first-order valence-electron chi connectivity index (χ1n) is 6.74. The Morgan fingerprint density at radius 2 is 2.29 bits per heavy atom. The van der Waals surface area contributed by atoms with Crippen molar-refractivity contribution in [3.8, 4) is 0 Å². The molecule has 2 aromatic heterocycles. The molecule has 7 nitrogen and oxygen atoms in total. The lowest BCUT2D eigenvalue weighted by Crippen LogP contribution is -2.42. The van der Waals surface area contributed by atoms with E-state index in [9.17, 15) is 9.59 Å². The molecule has 3 rings (SSSR count). The van der Waals surface area contributed by atoms with E-state index in [-0.39, 0.29) is 17.2 Å². The Labute approximate surface area is 120 Å². The monoisotopic (exact) mass is 288 g/mol. The molecule has 1 aliphatic rings. The highest BCUT2D eigenvalue weighted by Crippen LogP contribution is 2.14. The molecular formula is C14H16N4O3. The van der Waals surface area contributed by atoms with Crippen LogP contribution >= 0.6 is 0 Å². The number of hydrogen-bond acceptors (Lipinski definition) is 5. The summed E-state index contributed by atoms with van der Waals surface area (Å²) in [5, 5.41) is 0. The maximum absolute atomic E-state index is 12.2. The van der Waals surface area contributed by atoms with Crippen molar-refractivity contribution in [2.75, 3.05) is 24.6 Å². The van der Waals surface area contributed by atoms with Crippen molar-refractivity contribution < 1.29 is 9.53 Å². The van der Waals surface area contributed by atoms with Gasteiger partial charge in [-0.15, -0.1) is 0 Å². The van der Waals surface area contributed by atoms with Gasteiger partial charge in [0.1, 0.15) is 11.5 Å². The quantitative estimate of drug-likeness (QED) is 0.841. The van der Waals surface area contributed by atoms with Crippen LogP contribution < -0.4 is 16.2 Å². The van der Waals surface area contributed by atoms with Crippen molar-refractivity contribution in [1.29, 1.82) is 0 Å². The number of fused-ring (bicyclic) bond motifs is 1. The third-order valence-electron chi connectivity index (χ3n) is 3.50. The molecule has 1 fully saturated rings. The summed E-state index contributed by atoms with van der Waals surface area (Å²) in [7, 11) is 0. The molecule has 0 unspecified atom stereocenters. The number of aromatic nitrogens is 2. The molecule has 21 heavy (non-hydrogen) atoms. The molecular weight excluding hydrogens is 272 g/mol. The summed E-state index contributed by atoms with van der Waals surface area (Å²) in [5.74, 6) is 0.0526. The van der Waals surface area contributed by atoms with Crippen LogP contribution in [0.3, 0.4) is 0 Å². The van der Waals surface area contributed by atoms with Crippen LogP contribution in [-0.4, -0.2) is 41.1 Å². The van der Waals surface area contributed by atoms with Gasteiger partial charge in [-0.3, -0.25) is 14.0 Å². The van der Waals surface area contributed by atoms with E-state index in [1.165, 1.54) is 16.7 Å². The fourth-order valence-corrected chi connectivity index (χ4v) is 2.42. The van der Waals surface area contributed by atoms with Crippen LogP contribution in [0.2, 0.25) is 0 Å². The summed E-state index contributed by atoms with van der Waals surface area (Å²) in [6.07, 6.45) is 1.52. The normalized spacial score (nSPS) is 18.9. The van der Waals surface area contributed by atoms with E-state index in [4.69, 9.17) is 10.5 Å². The number of carbonyl (C=O) groups is 1. The van der Waals surface area contributed by atoms with Crippen molar-refractivity contribution in [3.05, 3.63) is 40.3 Å². The molecule has 0 radical (unpaired) electrons. The predicted octanol–water partition coefficient (Wildman–Crippen LogP) is 0.0185. The Kier molecular flexibility index (Phi) is 3.34. The van der Waals surface area contributed by atoms with Gasteiger partial charge in [-0.25, -0.2) is 4.98 Å². The second-order valence-electron chi connectivity index (χ2n) is 5.09. The fraction of sp³-hybridized carbons (Fsp3) is 0.357. The predicted molar refractivity (Wildman–Crippen MR) is 77.6 cm³/mol. The van der Waals surface area contributed by atoms with E-state index in [0.717, 1.165) is 0 Å². The van der Waals surface area contributed by atoms with E-state index >= 15 is 0 Å². The topological polar surface area (TPSA) is 89.9 Å². The number of nitrogens with zero attached hydrogens (tertiary/aromatic N) is 3. The lowest BCUT2D eigenvalue weighted by molar-refractivity contribution is 0.0529. The first kappa shape index (κ1) is 13.6. The summed E-state index contributed by atoms with van der Waals surface area (Å²) >= 11 is 0. The highest BCUT2D eigenvalue weighted by atomic mass is 16.5. The number of ether oxygens (including phenoxy) is 1. The van der Waals surface area contributed by atoms with Crippen molar-refractivity contribution in [3.63, 3.8) is 0 Å². The molecule has 2 aromatic rings. The van der Waals surface area contributed by atoms with Crippen LogP contribution in [0.4, 0.5) is 5.82 Å². The minimum absolute atomic E-state index is 0.108. The van der Waals surface area contributed by atoms with Crippen LogP contribution in [0.1, 0.15) is 17.3 Å². The number of pyridine rings is 1. The van der Waals surface area contributed by atoms with Crippen LogP contribution in [0.25, 0.3) is 5.65 Å². The molecule has 0 bridgehead atoms. The number of carbonyl (C=O) groups excluding carboxylic acids is 1. The fourth-order valence-electron chi connectivity index (χ4n) is 2.42. The molecule has 1 saturated heterocycles. The number of hydrogen-bond donors (Lipinski definition) is 1. The van der Waals surface area contributed by atoms with Gasteiger partial charge in [0.2, 0.25) is 5.91 Å². The number of anilines is 1. The molecule has 0 aromatic carbocycles. The molecule has 1 atom stereocenters. The number of primary amides is 1. The summed E-state index contributed by atoms with van der Waals surface area (Å²) in [5.41, 5.74) is 5.75. The average Bonchev–Trinajstić information content (AvgIpc) is 2.46. The summed E-state index contributed by atoms with van der Waals surface area (Å²) in [6, 6.07) is 4.65. The molecule has 3 heterocycles. The summed E-state index contributed by atoms with van der Waals surface area (Å²) < 4.78 is 6.81. The SMILES string of the molecule is C[C@@H]1CN(c2cc(=O)n3cc(C(N)=O)ccc3n2)CCO1. The van der Waals surface area contributed by atoms with Crippen molar-refractivity contribution in [2.45, 2.75) is 13.0 Å². The van der Waals surface area contributed by atoms with Gasteiger partial charge in [0, 0.05) is 25.4 Å². The van der Waals surface area contributed by atoms with Crippen LogP contribution in [0, 0.1) is 0 Å². The molecule has 7 heteroatoms. The number of amides is 1. The van der Waals surface area contributed by atoms with Gasteiger partial charge in [0.05, 0.1) is 18.3 Å². The number of morpholine rings is 1. The van der Waals surface area contributed by atoms with Gasteiger partial charge < -0.3 is 15.4 Å². The van der Waals surface area contributed by atoms with E-state index in [1.54, 1.807) is 12.1 Å². The van der Waals surface area contributed by atoms with Crippen molar-refractivity contribution in [1.82, 2.24) is 9.38 Å².